The number of nitrogens with one attached hydrogen (secondary N) is 1. The van der Waals surface area contributed by atoms with E-state index >= 15 is 0 Å². The van der Waals surface area contributed by atoms with Gasteiger partial charge in [-0.15, -0.1) is 5.10 Å². The minimum Gasteiger partial charge on any atom is -0.450 e. The van der Waals surface area contributed by atoms with E-state index in [1.807, 2.05) is 0 Å². The third kappa shape index (κ3) is 3.72. The lowest BCUT2D eigenvalue weighted by Gasteiger charge is -2.06. The normalized spacial score (nSPS) is 10.5. The fourth-order valence-corrected chi connectivity index (χ4v) is 2.17. The highest BCUT2D eigenvalue weighted by atomic mass is 16.5. The lowest BCUT2D eigenvalue weighted by Crippen LogP contribution is -2.21. The van der Waals surface area contributed by atoms with Gasteiger partial charge in [-0.2, -0.15) is 4.98 Å². The van der Waals surface area contributed by atoms with Gasteiger partial charge >= 0.3 is 5.97 Å². The van der Waals surface area contributed by atoms with E-state index in [1.165, 1.54) is 11.4 Å². The van der Waals surface area contributed by atoms with Gasteiger partial charge in [-0.3, -0.25) is 9.59 Å². The third-order valence-electron chi connectivity index (χ3n) is 3.52. The van der Waals surface area contributed by atoms with E-state index in [4.69, 9.17) is 4.74 Å². The van der Waals surface area contributed by atoms with Crippen LogP contribution >= 0.6 is 0 Å². The lowest BCUT2D eigenvalue weighted by atomic mass is 10.1. The van der Waals surface area contributed by atoms with E-state index < -0.39 is 18.5 Å². The van der Waals surface area contributed by atoms with E-state index in [2.05, 4.69) is 20.4 Å². The van der Waals surface area contributed by atoms with Crippen LogP contribution in [0.15, 0.2) is 36.5 Å². The number of carbonyl (C=O) groups excluding carboxylic acids is 3. The molecule has 0 saturated carbocycles. The van der Waals surface area contributed by atoms with Crippen molar-refractivity contribution in [1.29, 1.82) is 0 Å². The molecular weight excluding hydrogens is 338 g/mol. The number of aryl methyl sites for hydroxylation is 1. The van der Waals surface area contributed by atoms with Crippen molar-refractivity contribution >= 4 is 29.1 Å². The fraction of sp³-hybridized carbons (Fsp3) is 0.176. The van der Waals surface area contributed by atoms with Gasteiger partial charge in [0.1, 0.15) is 0 Å². The number of ketones is 1. The number of benzene rings is 1. The van der Waals surface area contributed by atoms with E-state index in [-0.39, 0.29) is 17.4 Å². The molecule has 0 aliphatic heterocycles. The molecule has 0 bridgehead atoms. The Kier molecular flexibility index (Phi) is 4.70. The summed E-state index contributed by atoms with van der Waals surface area (Å²) >= 11 is 0. The van der Waals surface area contributed by atoms with Crippen molar-refractivity contribution in [2.75, 3.05) is 11.9 Å². The predicted octanol–water partition coefficient (Wildman–Crippen LogP) is 1.43. The van der Waals surface area contributed by atoms with E-state index in [9.17, 15) is 14.4 Å². The number of aromatic nitrogens is 4. The van der Waals surface area contributed by atoms with Crippen molar-refractivity contribution in [3.05, 3.63) is 53.6 Å². The standard InChI is InChI=1S/C17H15N5O4/c1-10-7-8-18-17-20-15(21-22(10)17)16(25)26-9-14(24)19-13-5-3-12(4-6-13)11(2)23/h3-8H,9H2,1-2H3,(H,19,24). The second kappa shape index (κ2) is 7.09. The summed E-state index contributed by atoms with van der Waals surface area (Å²) < 4.78 is 6.33. The first kappa shape index (κ1) is 17.2. The largest absolute Gasteiger partial charge is 0.450 e. The Bertz CT molecular complexity index is 994. The maximum atomic E-state index is 12.0. The summed E-state index contributed by atoms with van der Waals surface area (Å²) in [7, 11) is 0. The highest BCUT2D eigenvalue weighted by Crippen LogP contribution is 2.10. The van der Waals surface area contributed by atoms with Crippen LogP contribution in [0.3, 0.4) is 0 Å². The molecular formula is C17H15N5O4. The minimum atomic E-state index is -0.822. The number of esters is 1. The van der Waals surface area contributed by atoms with Crippen LogP contribution in [0.25, 0.3) is 5.78 Å². The van der Waals surface area contributed by atoms with Crippen LogP contribution in [-0.2, 0) is 9.53 Å². The number of ether oxygens (including phenoxy) is 1. The number of amides is 1. The smallest absolute Gasteiger partial charge is 0.378 e. The molecule has 3 aromatic rings. The maximum Gasteiger partial charge on any atom is 0.378 e. The number of fused-ring (bicyclic) bond motifs is 1. The van der Waals surface area contributed by atoms with Gasteiger partial charge in [-0.25, -0.2) is 14.3 Å². The van der Waals surface area contributed by atoms with Crippen molar-refractivity contribution in [1.82, 2.24) is 19.6 Å². The summed E-state index contributed by atoms with van der Waals surface area (Å²) in [5.74, 6) is -1.32. The van der Waals surface area contributed by atoms with Crippen LogP contribution in [-0.4, -0.2) is 43.8 Å². The molecule has 0 saturated heterocycles. The molecule has 0 aliphatic rings. The molecule has 2 heterocycles. The highest BCUT2D eigenvalue weighted by Gasteiger charge is 2.17. The number of hydrogen-bond donors (Lipinski definition) is 1. The number of carbonyl (C=O) groups is 3. The molecule has 0 fully saturated rings. The second-order valence-corrected chi connectivity index (χ2v) is 5.49. The Morgan fingerprint density at radius 2 is 1.88 bits per heavy atom. The molecule has 26 heavy (non-hydrogen) atoms. The van der Waals surface area contributed by atoms with Crippen molar-refractivity contribution in [3.8, 4) is 0 Å². The number of rotatable bonds is 5. The topological polar surface area (TPSA) is 116 Å². The van der Waals surface area contributed by atoms with Crippen LogP contribution in [0.4, 0.5) is 5.69 Å². The van der Waals surface area contributed by atoms with Gasteiger partial charge in [0.15, 0.2) is 12.4 Å². The third-order valence-corrected chi connectivity index (χ3v) is 3.52. The van der Waals surface area contributed by atoms with Gasteiger partial charge in [0.2, 0.25) is 0 Å². The molecule has 0 aliphatic carbocycles. The maximum absolute atomic E-state index is 12.0. The summed E-state index contributed by atoms with van der Waals surface area (Å²) in [5, 5.41) is 6.57. The molecule has 0 spiro atoms. The zero-order valence-corrected chi connectivity index (χ0v) is 14.1. The summed E-state index contributed by atoms with van der Waals surface area (Å²) in [6, 6.07) is 8.10. The molecule has 9 heteroatoms. The lowest BCUT2D eigenvalue weighted by molar-refractivity contribution is -0.119. The fourth-order valence-electron chi connectivity index (χ4n) is 2.17. The SMILES string of the molecule is CC(=O)c1ccc(NC(=O)COC(=O)c2nc3nccc(C)n3n2)cc1. The van der Waals surface area contributed by atoms with Crippen LogP contribution in [0.2, 0.25) is 0 Å². The molecule has 2 aromatic heterocycles. The van der Waals surface area contributed by atoms with E-state index in [1.54, 1.807) is 43.5 Å². The quantitative estimate of drug-likeness (QED) is 0.545. The summed E-state index contributed by atoms with van der Waals surface area (Å²) in [6.45, 7) is 2.76. The second-order valence-electron chi connectivity index (χ2n) is 5.49. The molecule has 0 radical (unpaired) electrons. The molecule has 1 aromatic carbocycles. The summed E-state index contributed by atoms with van der Waals surface area (Å²) in [5.41, 5.74) is 1.78. The minimum absolute atomic E-state index is 0.0681. The van der Waals surface area contributed by atoms with Crippen molar-refractivity contribution in [3.63, 3.8) is 0 Å². The average molecular weight is 353 g/mol. The van der Waals surface area contributed by atoms with Gasteiger partial charge in [0.05, 0.1) is 0 Å². The monoisotopic (exact) mass is 353 g/mol. The van der Waals surface area contributed by atoms with E-state index in [0.29, 0.717) is 11.3 Å². The molecule has 0 atom stereocenters. The summed E-state index contributed by atoms with van der Waals surface area (Å²) in [4.78, 5) is 43.0. The predicted molar refractivity (Wildman–Crippen MR) is 90.9 cm³/mol. The van der Waals surface area contributed by atoms with Crippen molar-refractivity contribution in [2.24, 2.45) is 0 Å². The number of anilines is 1. The Labute approximate surface area is 148 Å². The molecule has 132 valence electrons. The zero-order valence-electron chi connectivity index (χ0n) is 14.1. The molecule has 1 amide bonds. The highest BCUT2D eigenvalue weighted by molar-refractivity contribution is 5.96. The Morgan fingerprint density at radius 1 is 1.15 bits per heavy atom. The molecule has 3 rings (SSSR count). The Balaban J connectivity index is 1.58. The first-order valence-electron chi connectivity index (χ1n) is 7.70. The summed E-state index contributed by atoms with van der Waals surface area (Å²) in [6.07, 6.45) is 1.55. The Morgan fingerprint density at radius 3 is 2.54 bits per heavy atom. The first-order valence-corrected chi connectivity index (χ1v) is 7.70. The van der Waals surface area contributed by atoms with Gasteiger partial charge in [0, 0.05) is 23.1 Å². The van der Waals surface area contributed by atoms with Crippen molar-refractivity contribution in [2.45, 2.75) is 13.8 Å². The van der Waals surface area contributed by atoms with Gasteiger partial charge in [-0.05, 0) is 44.2 Å². The van der Waals surface area contributed by atoms with Crippen molar-refractivity contribution < 1.29 is 19.1 Å². The Hall–Kier alpha value is -3.62. The number of Topliss-reactive ketones (excluding diaryl/α,β-unsaturated/α-hetero) is 1. The number of nitrogens with zero attached hydrogens (tertiary/aromatic N) is 4. The average Bonchev–Trinajstić information content (AvgIpc) is 3.06. The van der Waals surface area contributed by atoms with Gasteiger partial charge < -0.3 is 10.1 Å². The number of hydrogen-bond acceptors (Lipinski definition) is 7. The molecule has 0 unspecified atom stereocenters. The van der Waals surface area contributed by atoms with Crippen LogP contribution in [0.5, 0.6) is 0 Å². The molecule has 9 nitrogen and oxygen atoms in total. The molecule has 1 N–H and O–H groups in total. The van der Waals surface area contributed by atoms with Crippen LogP contribution < -0.4 is 5.32 Å². The van der Waals surface area contributed by atoms with E-state index in [0.717, 1.165) is 5.69 Å². The van der Waals surface area contributed by atoms with Crippen LogP contribution in [0, 0.1) is 6.92 Å². The van der Waals surface area contributed by atoms with Gasteiger partial charge in [0.25, 0.3) is 17.5 Å². The van der Waals surface area contributed by atoms with Gasteiger partial charge in [-0.1, -0.05) is 0 Å². The van der Waals surface area contributed by atoms with Crippen LogP contribution in [0.1, 0.15) is 33.6 Å². The zero-order chi connectivity index (χ0) is 18.7. The first-order chi connectivity index (χ1) is 12.4.